The smallest absolute Gasteiger partial charge is 0.273 e. The third-order valence-electron chi connectivity index (χ3n) is 3.75. The number of carbonyl (C=O) groups is 2. The normalized spacial score (nSPS) is 11.7. The van der Waals surface area contributed by atoms with Gasteiger partial charge in [0.15, 0.2) is 0 Å². The monoisotopic (exact) mass is 463 g/mol. The lowest BCUT2D eigenvalue weighted by Crippen LogP contribution is -2.43. The molecule has 0 atom stereocenters. The molecule has 30 heavy (non-hydrogen) atoms. The molecule has 7 nitrogen and oxygen atoms in total. The van der Waals surface area contributed by atoms with Crippen LogP contribution in [0.5, 0.6) is 0 Å². The first-order valence-corrected chi connectivity index (χ1v) is 10.3. The first kappa shape index (κ1) is 23.6. The largest absolute Gasteiger partial charge is 0.417 e. The Labute approximate surface area is 175 Å². The van der Waals surface area contributed by atoms with E-state index in [1.54, 1.807) is 30.3 Å². The molecule has 0 spiro atoms. The maximum Gasteiger partial charge on any atom is 0.417 e. The number of nitrogens with one attached hydrogen (secondary N) is 3. The second-order valence-corrected chi connectivity index (χ2v) is 8.22. The number of rotatable bonds is 7. The van der Waals surface area contributed by atoms with E-state index in [9.17, 15) is 31.2 Å². The van der Waals surface area contributed by atoms with Crippen LogP contribution in [0.3, 0.4) is 0 Å². The number of hydrogen-bond donors (Lipinski definition) is 3. The van der Waals surface area contributed by atoms with Gasteiger partial charge < -0.3 is 0 Å². The van der Waals surface area contributed by atoms with E-state index in [2.05, 4.69) is 10.9 Å². The minimum Gasteiger partial charge on any atom is -0.273 e. The third kappa shape index (κ3) is 7.01. The molecular formula is C18H17ClF3N3O4S. The van der Waals surface area contributed by atoms with E-state index < -0.39 is 50.0 Å². The van der Waals surface area contributed by atoms with Gasteiger partial charge in [0.2, 0.25) is 21.8 Å². The van der Waals surface area contributed by atoms with Gasteiger partial charge in [-0.25, -0.2) is 13.1 Å². The van der Waals surface area contributed by atoms with Gasteiger partial charge >= 0.3 is 6.18 Å². The molecule has 0 aromatic heterocycles. The van der Waals surface area contributed by atoms with Crippen LogP contribution in [0.25, 0.3) is 0 Å². The van der Waals surface area contributed by atoms with Gasteiger partial charge in [-0.15, -0.1) is 0 Å². The summed E-state index contributed by atoms with van der Waals surface area (Å²) in [5.41, 5.74) is 3.76. The zero-order chi connectivity index (χ0) is 22.4. The van der Waals surface area contributed by atoms with Gasteiger partial charge in [0.05, 0.1) is 21.9 Å². The molecule has 0 unspecified atom stereocenters. The highest BCUT2D eigenvalue weighted by atomic mass is 35.5. The first-order valence-electron chi connectivity index (χ1n) is 8.47. The molecule has 0 fully saturated rings. The van der Waals surface area contributed by atoms with E-state index in [0.717, 1.165) is 17.7 Å². The van der Waals surface area contributed by atoms with Gasteiger partial charge in [0.1, 0.15) is 0 Å². The van der Waals surface area contributed by atoms with Gasteiger partial charge in [-0.1, -0.05) is 41.9 Å². The van der Waals surface area contributed by atoms with Crippen molar-refractivity contribution in [2.75, 3.05) is 6.54 Å². The Balaban J connectivity index is 1.84. The number of halogens is 4. The number of hydrazine groups is 1. The summed E-state index contributed by atoms with van der Waals surface area (Å²) in [6.45, 7) is -0.396. The molecule has 2 rings (SSSR count). The predicted octanol–water partition coefficient (Wildman–Crippen LogP) is 2.42. The third-order valence-corrected chi connectivity index (χ3v) is 5.53. The van der Waals surface area contributed by atoms with Gasteiger partial charge in [-0.05, 0) is 23.8 Å². The molecule has 2 aromatic carbocycles. The zero-order valence-corrected chi connectivity index (χ0v) is 16.9. The molecule has 0 heterocycles. The van der Waals surface area contributed by atoms with E-state index in [1.807, 2.05) is 4.72 Å². The highest BCUT2D eigenvalue weighted by molar-refractivity contribution is 7.89. The maximum absolute atomic E-state index is 12.9. The van der Waals surface area contributed by atoms with Crippen molar-refractivity contribution in [2.24, 2.45) is 0 Å². The summed E-state index contributed by atoms with van der Waals surface area (Å²) < 4.78 is 64.9. The fourth-order valence-electron chi connectivity index (χ4n) is 2.30. The molecule has 162 valence electrons. The topological polar surface area (TPSA) is 104 Å². The van der Waals surface area contributed by atoms with Crippen LogP contribution in [0.2, 0.25) is 5.02 Å². The van der Waals surface area contributed by atoms with E-state index >= 15 is 0 Å². The summed E-state index contributed by atoms with van der Waals surface area (Å²) in [6, 6.07) is 10.9. The average molecular weight is 464 g/mol. The molecule has 0 saturated heterocycles. The molecule has 0 saturated carbocycles. The average Bonchev–Trinajstić information content (AvgIpc) is 2.66. The first-order chi connectivity index (χ1) is 14.0. The number of amides is 2. The summed E-state index contributed by atoms with van der Waals surface area (Å²) in [4.78, 5) is 22.8. The van der Waals surface area contributed by atoms with Crippen molar-refractivity contribution in [1.29, 1.82) is 0 Å². The summed E-state index contributed by atoms with van der Waals surface area (Å²) in [5.74, 6) is -1.16. The predicted molar refractivity (Wildman–Crippen MR) is 103 cm³/mol. The van der Waals surface area contributed by atoms with E-state index in [1.165, 1.54) is 0 Å². The minimum atomic E-state index is -4.82. The number of benzene rings is 2. The molecular weight excluding hydrogens is 447 g/mol. The van der Waals surface area contributed by atoms with Crippen LogP contribution in [0.4, 0.5) is 13.2 Å². The van der Waals surface area contributed by atoms with Crippen molar-refractivity contribution in [3.8, 4) is 0 Å². The summed E-state index contributed by atoms with van der Waals surface area (Å²) in [5, 5.41) is -0.632. The van der Waals surface area contributed by atoms with Crippen molar-refractivity contribution in [1.82, 2.24) is 15.6 Å². The molecule has 12 heteroatoms. The van der Waals surface area contributed by atoms with Crippen LogP contribution in [0.15, 0.2) is 53.4 Å². The number of alkyl halides is 3. The molecule has 3 N–H and O–H groups in total. The number of carbonyl (C=O) groups excluding carboxylic acids is 2. The molecule has 0 aliphatic rings. The van der Waals surface area contributed by atoms with Gasteiger partial charge in [-0.2, -0.15) is 13.2 Å². The lowest BCUT2D eigenvalue weighted by Gasteiger charge is -2.12. The van der Waals surface area contributed by atoms with E-state index in [4.69, 9.17) is 11.6 Å². The molecule has 0 aliphatic heterocycles. The highest BCUT2D eigenvalue weighted by Crippen LogP contribution is 2.35. The summed E-state index contributed by atoms with van der Waals surface area (Å²) in [7, 11) is -4.30. The lowest BCUT2D eigenvalue weighted by molar-refractivity contribution is -0.137. The fourth-order valence-corrected chi connectivity index (χ4v) is 3.58. The van der Waals surface area contributed by atoms with E-state index in [0.29, 0.717) is 6.07 Å². The fraction of sp³-hybridized carbons (Fsp3) is 0.222. The Morgan fingerprint density at radius 2 is 1.60 bits per heavy atom. The van der Waals surface area contributed by atoms with Crippen LogP contribution in [0, 0.1) is 0 Å². The Morgan fingerprint density at radius 1 is 0.967 bits per heavy atom. The second-order valence-electron chi connectivity index (χ2n) is 6.05. The van der Waals surface area contributed by atoms with Gasteiger partial charge in [0, 0.05) is 13.0 Å². The highest BCUT2D eigenvalue weighted by Gasteiger charge is 2.34. The minimum absolute atomic E-state index is 0.0336. The van der Waals surface area contributed by atoms with Crippen LogP contribution in [0.1, 0.15) is 17.5 Å². The molecule has 0 radical (unpaired) electrons. The van der Waals surface area contributed by atoms with Crippen LogP contribution >= 0.6 is 11.6 Å². The maximum atomic E-state index is 12.9. The van der Waals surface area contributed by atoms with Crippen molar-refractivity contribution < 1.29 is 31.2 Å². The summed E-state index contributed by atoms with van der Waals surface area (Å²) >= 11 is 5.47. The van der Waals surface area contributed by atoms with Crippen molar-refractivity contribution in [2.45, 2.75) is 23.9 Å². The van der Waals surface area contributed by atoms with Crippen LogP contribution in [-0.4, -0.2) is 26.8 Å². The molecule has 0 bridgehead atoms. The van der Waals surface area contributed by atoms with Crippen molar-refractivity contribution >= 4 is 33.4 Å². The van der Waals surface area contributed by atoms with Crippen molar-refractivity contribution in [3.63, 3.8) is 0 Å². The Bertz CT molecular complexity index is 1020. The zero-order valence-electron chi connectivity index (χ0n) is 15.3. The molecule has 2 aromatic rings. The summed E-state index contributed by atoms with van der Waals surface area (Å²) in [6.07, 6.45) is -5.14. The number of hydrogen-bond acceptors (Lipinski definition) is 4. The lowest BCUT2D eigenvalue weighted by atomic mass is 10.1. The molecule has 0 aliphatic carbocycles. The van der Waals surface area contributed by atoms with Crippen molar-refractivity contribution in [3.05, 3.63) is 64.7 Å². The number of sulfonamides is 1. The van der Waals surface area contributed by atoms with Gasteiger partial charge in [-0.3, -0.25) is 20.4 Å². The van der Waals surface area contributed by atoms with Gasteiger partial charge in [0.25, 0.3) is 0 Å². The Kier molecular flexibility index (Phi) is 7.82. The Morgan fingerprint density at radius 3 is 2.23 bits per heavy atom. The second kappa shape index (κ2) is 9.92. The van der Waals surface area contributed by atoms with E-state index in [-0.39, 0.29) is 12.8 Å². The Hall–Kier alpha value is -2.63. The van der Waals surface area contributed by atoms with Crippen LogP contribution < -0.4 is 15.6 Å². The quantitative estimate of drug-likeness (QED) is 0.548. The van der Waals surface area contributed by atoms with Crippen LogP contribution in [-0.2, 0) is 32.2 Å². The molecule has 2 amide bonds. The standard InChI is InChI=1S/C18H17ClF3N3O4S/c19-15-7-6-13(11-14(15)18(20,21)22)30(28,29)23-9-8-16(26)24-25-17(27)10-12-4-2-1-3-5-12/h1-7,11,23H,8-10H2,(H,24,26)(H,25,27). The SMILES string of the molecule is O=C(CCNS(=O)(=O)c1ccc(Cl)c(C(F)(F)F)c1)NNC(=O)Cc1ccccc1.